The van der Waals surface area contributed by atoms with E-state index in [0.717, 1.165) is 67.1 Å². The zero-order chi connectivity index (χ0) is 29.2. The van der Waals surface area contributed by atoms with Crippen LogP contribution in [0.25, 0.3) is 0 Å². The molecule has 230 valence electrons. The number of hydrogen-bond donors (Lipinski definition) is 2. The first-order chi connectivity index (χ1) is 19.6. The van der Waals surface area contributed by atoms with Gasteiger partial charge in [-0.15, -0.1) is 0 Å². The second kappa shape index (κ2) is 12.9. The summed E-state index contributed by atoms with van der Waals surface area (Å²) in [5, 5.41) is 0. The van der Waals surface area contributed by atoms with Gasteiger partial charge in [0.25, 0.3) is 0 Å². The molecule has 3 fully saturated rings. The van der Waals surface area contributed by atoms with Gasteiger partial charge < -0.3 is 20.9 Å². The summed E-state index contributed by atoms with van der Waals surface area (Å²) in [7, 11) is 0. The van der Waals surface area contributed by atoms with Gasteiger partial charge in [0, 0.05) is 12.3 Å². The summed E-state index contributed by atoms with van der Waals surface area (Å²) >= 11 is 0. The van der Waals surface area contributed by atoms with Crippen molar-refractivity contribution in [3.05, 3.63) is 29.8 Å². The molecule has 4 aliphatic carbocycles. The van der Waals surface area contributed by atoms with E-state index in [0.29, 0.717) is 34.9 Å². The fourth-order valence-corrected chi connectivity index (χ4v) is 10.1. The summed E-state index contributed by atoms with van der Waals surface area (Å²) in [5.74, 6) is 6.12. The number of nitrogens with two attached hydrogens (primary N) is 2. The summed E-state index contributed by atoms with van der Waals surface area (Å²) in [5.41, 5.74) is 15.8. The van der Waals surface area contributed by atoms with Gasteiger partial charge in [-0.1, -0.05) is 65.5 Å². The van der Waals surface area contributed by atoms with Crippen molar-refractivity contribution in [3.63, 3.8) is 0 Å². The minimum Gasteiger partial charge on any atom is -0.491 e. The van der Waals surface area contributed by atoms with Crippen LogP contribution in [0.15, 0.2) is 29.8 Å². The molecule has 0 aliphatic heterocycles. The van der Waals surface area contributed by atoms with E-state index in [1.54, 1.807) is 11.6 Å². The number of allylic oxidation sites excluding steroid dienone is 1. The maximum absolute atomic E-state index is 6.44. The Morgan fingerprint density at radius 3 is 2.49 bits per heavy atom. The van der Waals surface area contributed by atoms with E-state index < -0.39 is 0 Å². The molecule has 8 atom stereocenters. The molecule has 41 heavy (non-hydrogen) atoms. The molecular weight excluding hydrogens is 504 g/mol. The molecule has 5 rings (SSSR count). The first-order valence-corrected chi connectivity index (χ1v) is 17.2. The second-order valence-corrected chi connectivity index (χ2v) is 15.4. The summed E-state index contributed by atoms with van der Waals surface area (Å²) < 4.78 is 12.3. The predicted octanol–water partition coefficient (Wildman–Crippen LogP) is 9.44. The third kappa shape index (κ3) is 6.48. The van der Waals surface area contributed by atoms with Crippen molar-refractivity contribution in [1.29, 1.82) is 0 Å². The van der Waals surface area contributed by atoms with Gasteiger partial charge >= 0.3 is 0 Å². The lowest BCUT2D eigenvalue weighted by atomic mass is 9.47. The molecule has 1 aromatic rings. The van der Waals surface area contributed by atoms with E-state index in [2.05, 4.69) is 40.7 Å². The van der Waals surface area contributed by atoms with Gasteiger partial charge in [-0.2, -0.15) is 0 Å². The number of unbranched alkanes of at least 4 members (excludes halogenated alkanes) is 1. The Bertz CT molecular complexity index is 1050. The van der Waals surface area contributed by atoms with Gasteiger partial charge in [0.05, 0.1) is 18.4 Å². The molecule has 4 aliphatic rings. The normalized spacial score (nSPS) is 35.4. The maximum Gasteiger partial charge on any atom is 0.142 e. The van der Waals surface area contributed by atoms with Crippen LogP contribution in [0.1, 0.15) is 118 Å². The molecular formula is C37H60N2O2. The molecule has 0 heterocycles. The highest BCUT2D eigenvalue weighted by molar-refractivity contribution is 5.60. The molecule has 0 spiro atoms. The van der Waals surface area contributed by atoms with Crippen LogP contribution in [-0.2, 0) is 4.74 Å². The smallest absolute Gasteiger partial charge is 0.142 e. The Morgan fingerprint density at radius 1 is 0.902 bits per heavy atom. The third-order valence-electron chi connectivity index (χ3n) is 12.4. The molecule has 4 heteroatoms. The SMILES string of the molecule is CC(C)CCCC(C)C1CCC2C3CC=C4CC(OCCCCOc5ccc(N)cc5N)CCC4(C)C3CCC12C. The zero-order valence-corrected chi connectivity index (χ0v) is 26.9. The molecule has 1 aromatic carbocycles. The summed E-state index contributed by atoms with van der Waals surface area (Å²) in [6.45, 7) is 14.2. The van der Waals surface area contributed by atoms with Crippen LogP contribution in [0.5, 0.6) is 5.75 Å². The molecule has 3 saturated carbocycles. The van der Waals surface area contributed by atoms with Crippen molar-refractivity contribution >= 4 is 11.4 Å². The third-order valence-corrected chi connectivity index (χ3v) is 12.4. The summed E-state index contributed by atoms with van der Waals surface area (Å²) in [6, 6.07) is 5.45. The van der Waals surface area contributed by atoms with E-state index in [-0.39, 0.29) is 0 Å². The molecule has 0 saturated heterocycles. The Hall–Kier alpha value is -1.68. The van der Waals surface area contributed by atoms with Crippen LogP contribution >= 0.6 is 0 Å². The number of anilines is 2. The predicted molar refractivity (Wildman–Crippen MR) is 173 cm³/mol. The number of ether oxygens (including phenoxy) is 2. The van der Waals surface area contributed by atoms with Gasteiger partial charge in [-0.25, -0.2) is 0 Å². The zero-order valence-electron chi connectivity index (χ0n) is 26.9. The highest BCUT2D eigenvalue weighted by Crippen LogP contribution is 2.67. The first-order valence-electron chi connectivity index (χ1n) is 17.2. The van der Waals surface area contributed by atoms with E-state index in [1.807, 2.05) is 12.1 Å². The number of hydrogen-bond acceptors (Lipinski definition) is 4. The Kier molecular flexibility index (Phi) is 9.68. The van der Waals surface area contributed by atoms with E-state index in [1.165, 1.54) is 64.2 Å². The molecule has 4 N–H and O–H groups in total. The number of rotatable bonds is 12. The minimum atomic E-state index is 0.385. The van der Waals surface area contributed by atoms with E-state index in [9.17, 15) is 0 Å². The van der Waals surface area contributed by atoms with Crippen LogP contribution in [0.2, 0.25) is 0 Å². The van der Waals surface area contributed by atoms with Crippen molar-refractivity contribution in [1.82, 2.24) is 0 Å². The Balaban J connectivity index is 1.10. The van der Waals surface area contributed by atoms with Crippen LogP contribution in [0, 0.1) is 46.3 Å². The highest BCUT2D eigenvalue weighted by Gasteiger charge is 2.59. The van der Waals surface area contributed by atoms with Crippen LogP contribution in [-0.4, -0.2) is 19.3 Å². The molecule has 0 radical (unpaired) electrons. The van der Waals surface area contributed by atoms with Crippen molar-refractivity contribution in [3.8, 4) is 5.75 Å². The number of fused-ring (bicyclic) bond motifs is 5. The minimum absolute atomic E-state index is 0.385. The summed E-state index contributed by atoms with van der Waals surface area (Å²) in [6.07, 6.45) is 20.2. The van der Waals surface area contributed by atoms with Crippen LogP contribution < -0.4 is 16.2 Å². The fraction of sp³-hybridized carbons (Fsp3) is 0.784. The van der Waals surface area contributed by atoms with Crippen LogP contribution in [0.3, 0.4) is 0 Å². The highest BCUT2D eigenvalue weighted by atomic mass is 16.5. The lowest BCUT2D eigenvalue weighted by Gasteiger charge is -2.58. The quantitative estimate of drug-likeness (QED) is 0.151. The van der Waals surface area contributed by atoms with E-state index >= 15 is 0 Å². The standard InChI is InChI=1S/C37H60N2O2/c1-25(2)9-8-10-26(3)31-14-15-32-30-13-11-27-23-29(17-19-36(27,4)33(30)18-20-37(31,32)5)40-21-6-7-22-41-35-16-12-28(38)24-34(35)39/h11-12,16,24-26,29-33H,6-10,13-15,17-23,38-39H2,1-5H3. The Morgan fingerprint density at radius 2 is 1.71 bits per heavy atom. The maximum atomic E-state index is 6.44. The monoisotopic (exact) mass is 564 g/mol. The second-order valence-electron chi connectivity index (χ2n) is 15.4. The van der Waals surface area contributed by atoms with Gasteiger partial charge in [0.2, 0.25) is 0 Å². The van der Waals surface area contributed by atoms with Gasteiger partial charge in [0.1, 0.15) is 5.75 Å². The topological polar surface area (TPSA) is 70.5 Å². The first kappa shape index (κ1) is 30.8. The fourth-order valence-electron chi connectivity index (χ4n) is 10.1. The molecule has 8 unspecified atom stereocenters. The summed E-state index contributed by atoms with van der Waals surface area (Å²) in [4.78, 5) is 0. The largest absolute Gasteiger partial charge is 0.491 e. The number of nitrogen functional groups attached to an aromatic ring is 2. The van der Waals surface area contributed by atoms with Gasteiger partial charge in [0.15, 0.2) is 0 Å². The van der Waals surface area contributed by atoms with Crippen molar-refractivity contribution in [2.45, 2.75) is 124 Å². The molecule has 0 amide bonds. The van der Waals surface area contributed by atoms with Crippen molar-refractivity contribution in [2.75, 3.05) is 24.7 Å². The average molecular weight is 565 g/mol. The van der Waals surface area contributed by atoms with E-state index in [4.69, 9.17) is 20.9 Å². The molecule has 0 aromatic heterocycles. The lowest BCUT2D eigenvalue weighted by Crippen LogP contribution is -2.51. The lowest BCUT2D eigenvalue weighted by molar-refractivity contribution is -0.0641. The Labute approximate surface area is 251 Å². The van der Waals surface area contributed by atoms with Gasteiger partial charge in [-0.05, 0) is 129 Å². The van der Waals surface area contributed by atoms with Crippen LogP contribution in [0.4, 0.5) is 11.4 Å². The van der Waals surface area contributed by atoms with Crippen molar-refractivity contribution < 1.29 is 9.47 Å². The number of benzene rings is 1. The molecule has 0 bridgehead atoms. The van der Waals surface area contributed by atoms with Gasteiger partial charge in [-0.3, -0.25) is 0 Å². The average Bonchev–Trinajstić information content (AvgIpc) is 3.28. The molecule has 4 nitrogen and oxygen atoms in total. The van der Waals surface area contributed by atoms with Crippen molar-refractivity contribution in [2.24, 2.45) is 46.3 Å².